The number of anilines is 2. The van der Waals surface area contributed by atoms with Crippen molar-refractivity contribution >= 4 is 23.6 Å². The van der Waals surface area contributed by atoms with Crippen molar-refractivity contribution in [1.29, 1.82) is 0 Å². The lowest BCUT2D eigenvalue weighted by molar-refractivity contribution is -0.140. The van der Waals surface area contributed by atoms with E-state index in [1.165, 1.54) is 31.5 Å². The molecule has 1 rings (SSSR count). The zero-order valence-corrected chi connectivity index (χ0v) is 10.1. The molecule has 8 nitrogen and oxygen atoms in total. The third-order valence-corrected chi connectivity index (χ3v) is 2.08. The molecule has 1 heterocycles. The largest absolute Gasteiger partial charge is 0.468 e. The standard InChI is InChI=1S/C10H14N4O4/c1-17-9(15)5-14(6-10(16)18-2)8-4-12-7(11)3-13-8/h3-4H,5-6H2,1-2H3,(H2,11,12). The van der Waals surface area contributed by atoms with E-state index in [-0.39, 0.29) is 18.9 Å². The summed E-state index contributed by atoms with van der Waals surface area (Å²) in [6.45, 7) is -0.269. The summed E-state index contributed by atoms with van der Waals surface area (Å²) in [5.41, 5.74) is 5.41. The van der Waals surface area contributed by atoms with Crippen molar-refractivity contribution in [1.82, 2.24) is 9.97 Å². The Hall–Kier alpha value is -2.38. The number of hydrogen-bond acceptors (Lipinski definition) is 8. The van der Waals surface area contributed by atoms with Gasteiger partial charge < -0.3 is 20.1 Å². The minimum Gasteiger partial charge on any atom is -0.468 e. The first kappa shape index (κ1) is 13.7. The Bertz CT molecular complexity index is 402. The molecule has 0 aromatic carbocycles. The Morgan fingerprint density at radius 1 is 1.17 bits per heavy atom. The topological polar surface area (TPSA) is 108 Å². The van der Waals surface area contributed by atoms with Crippen LogP contribution in [0, 0.1) is 0 Å². The van der Waals surface area contributed by atoms with Crippen LogP contribution in [0.2, 0.25) is 0 Å². The lowest BCUT2D eigenvalue weighted by Gasteiger charge is -2.20. The molecule has 1 aromatic heterocycles. The van der Waals surface area contributed by atoms with Crippen LogP contribution in [-0.2, 0) is 19.1 Å². The maximum Gasteiger partial charge on any atom is 0.325 e. The van der Waals surface area contributed by atoms with Gasteiger partial charge in [0.1, 0.15) is 24.7 Å². The highest BCUT2D eigenvalue weighted by molar-refractivity contribution is 5.80. The Balaban J connectivity index is 2.85. The molecule has 0 saturated heterocycles. The lowest BCUT2D eigenvalue weighted by atomic mass is 10.4. The van der Waals surface area contributed by atoms with Crippen LogP contribution in [0.25, 0.3) is 0 Å². The quantitative estimate of drug-likeness (QED) is 0.681. The number of aromatic nitrogens is 2. The first-order valence-corrected chi connectivity index (χ1v) is 5.03. The average Bonchev–Trinajstić information content (AvgIpc) is 2.38. The molecular weight excluding hydrogens is 240 g/mol. The summed E-state index contributed by atoms with van der Waals surface area (Å²) in [6.07, 6.45) is 2.69. The number of carbonyl (C=O) groups excluding carboxylic acids is 2. The molecule has 0 bridgehead atoms. The number of carbonyl (C=O) groups is 2. The van der Waals surface area contributed by atoms with Crippen LogP contribution in [0.4, 0.5) is 11.6 Å². The maximum atomic E-state index is 11.2. The monoisotopic (exact) mass is 254 g/mol. The second-order valence-electron chi connectivity index (χ2n) is 3.31. The van der Waals surface area contributed by atoms with Crippen molar-refractivity contribution in [2.24, 2.45) is 0 Å². The second kappa shape index (κ2) is 6.38. The highest BCUT2D eigenvalue weighted by Gasteiger charge is 2.17. The number of esters is 2. The molecule has 0 radical (unpaired) electrons. The normalized spacial score (nSPS) is 9.67. The summed E-state index contributed by atoms with van der Waals surface area (Å²) in [7, 11) is 2.51. The third kappa shape index (κ3) is 3.89. The van der Waals surface area contributed by atoms with E-state index in [0.29, 0.717) is 5.82 Å². The van der Waals surface area contributed by atoms with Crippen LogP contribution in [0.1, 0.15) is 0 Å². The number of nitrogens with two attached hydrogens (primary N) is 1. The smallest absolute Gasteiger partial charge is 0.325 e. The van der Waals surface area contributed by atoms with Gasteiger partial charge in [-0.25, -0.2) is 9.97 Å². The molecule has 98 valence electrons. The van der Waals surface area contributed by atoms with Crippen LogP contribution in [-0.4, -0.2) is 49.2 Å². The van der Waals surface area contributed by atoms with Gasteiger partial charge in [-0.15, -0.1) is 0 Å². The molecule has 0 spiro atoms. The number of nitrogen functional groups attached to an aromatic ring is 1. The molecule has 8 heteroatoms. The number of rotatable bonds is 5. The first-order chi connectivity index (χ1) is 8.56. The lowest BCUT2D eigenvalue weighted by Crippen LogP contribution is -2.36. The molecular formula is C10H14N4O4. The molecule has 0 aliphatic heterocycles. The van der Waals surface area contributed by atoms with E-state index in [2.05, 4.69) is 19.4 Å². The molecule has 0 atom stereocenters. The number of hydrogen-bond donors (Lipinski definition) is 1. The minimum absolute atomic E-state index is 0.135. The van der Waals surface area contributed by atoms with Crippen LogP contribution < -0.4 is 10.6 Å². The molecule has 0 unspecified atom stereocenters. The number of ether oxygens (including phenoxy) is 2. The highest BCUT2D eigenvalue weighted by Crippen LogP contribution is 2.09. The van der Waals surface area contributed by atoms with Crippen molar-refractivity contribution in [2.45, 2.75) is 0 Å². The SMILES string of the molecule is COC(=O)CN(CC(=O)OC)c1cnc(N)cn1. The summed E-state index contributed by atoms with van der Waals surface area (Å²) in [6, 6.07) is 0. The van der Waals surface area contributed by atoms with Crippen molar-refractivity contribution in [3.8, 4) is 0 Å². The van der Waals surface area contributed by atoms with Gasteiger partial charge in [0.2, 0.25) is 0 Å². The zero-order chi connectivity index (χ0) is 13.5. The van der Waals surface area contributed by atoms with Crippen LogP contribution in [0.3, 0.4) is 0 Å². The molecule has 18 heavy (non-hydrogen) atoms. The summed E-state index contributed by atoms with van der Waals surface area (Å²) in [5, 5.41) is 0. The van der Waals surface area contributed by atoms with E-state index in [1.54, 1.807) is 0 Å². The van der Waals surface area contributed by atoms with E-state index in [9.17, 15) is 9.59 Å². The van der Waals surface area contributed by atoms with Gasteiger partial charge in [0.25, 0.3) is 0 Å². The summed E-state index contributed by atoms with van der Waals surface area (Å²) < 4.78 is 9.07. The average molecular weight is 254 g/mol. The van der Waals surface area contributed by atoms with Gasteiger partial charge >= 0.3 is 11.9 Å². The van der Waals surface area contributed by atoms with E-state index in [4.69, 9.17) is 5.73 Å². The fraction of sp³-hybridized carbons (Fsp3) is 0.400. The van der Waals surface area contributed by atoms with Gasteiger partial charge in [-0.3, -0.25) is 9.59 Å². The molecule has 0 saturated carbocycles. The second-order valence-corrected chi connectivity index (χ2v) is 3.31. The molecule has 0 amide bonds. The van der Waals surface area contributed by atoms with Gasteiger partial charge in [0.15, 0.2) is 0 Å². The summed E-state index contributed by atoms with van der Waals surface area (Å²) in [4.78, 5) is 31.7. The van der Waals surface area contributed by atoms with Gasteiger partial charge in [-0.05, 0) is 0 Å². The Labute approximate surface area is 104 Å². The van der Waals surface area contributed by atoms with Crippen molar-refractivity contribution < 1.29 is 19.1 Å². The van der Waals surface area contributed by atoms with Gasteiger partial charge in [-0.1, -0.05) is 0 Å². The van der Waals surface area contributed by atoms with E-state index in [1.807, 2.05) is 0 Å². The highest BCUT2D eigenvalue weighted by atomic mass is 16.5. The third-order valence-electron chi connectivity index (χ3n) is 2.08. The fourth-order valence-electron chi connectivity index (χ4n) is 1.15. The van der Waals surface area contributed by atoms with Crippen molar-refractivity contribution in [3.05, 3.63) is 12.4 Å². The number of methoxy groups -OCH3 is 2. The minimum atomic E-state index is -0.502. The zero-order valence-electron chi connectivity index (χ0n) is 10.1. The van der Waals surface area contributed by atoms with Crippen LogP contribution in [0.5, 0.6) is 0 Å². The van der Waals surface area contributed by atoms with Crippen molar-refractivity contribution in [2.75, 3.05) is 37.9 Å². The first-order valence-electron chi connectivity index (χ1n) is 5.03. The van der Waals surface area contributed by atoms with Gasteiger partial charge in [0.05, 0.1) is 26.6 Å². The molecule has 0 fully saturated rings. The molecule has 1 aromatic rings. The van der Waals surface area contributed by atoms with Crippen molar-refractivity contribution in [3.63, 3.8) is 0 Å². The van der Waals surface area contributed by atoms with E-state index < -0.39 is 11.9 Å². The summed E-state index contributed by atoms with van der Waals surface area (Å²) in [5.74, 6) is -0.426. The predicted molar refractivity (Wildman–Crippen MR) is 62.7 cm³/mol. The van der Waals surface area contributed by atoms with Gasteiger partial charge in [-0.2, -0.15) is 0 Å². The Morgan fingerprint density at radius 2 is 1.72 bits per heavy atom. The molecule has 2 N–H and O–H groups in total. The van der Waals surface area contributed by atoms with Crippen LogP contribution in [0.15, 0.2) is 12.4 Å². The fourth-order valence-corrected chi connectivity index (χ4v) is 1.15. The van der Waals surface area contributed by atoms with Gasteiger partial charge in [0, 0.05) is 0 Å². The van der Waals surface area contributed by atoms with E-state index >= 15 is 0 Å². The molecule has 0 aliphatic carbocycles. The molecule has 0 aliphatic rings. The Morgan fingerprint density at radius 3 is 2.11 bits per heavy atom. The van der Waals surface area contributed by atoms with Crippen LogP contribution >= 0.6 is 0 Å². The Kier molecular flexibility index (Phi) is 4.85. The number of nitrogens with zero attached hydrogens (tertiary/aromatic N) is 3. The summed E-state index contributed by atoms with van der Waals surface area (Å²) >= 11 is 0. The van der Waals surface area contributed by atoms with E-state index in [0.717, 1.165) is 0 Å². The maximum absolute atomic E-state index is 11.2. The predicted octanol–water partition coefficient (Wildman–Crippen LogP) is -0.789.